The highest BCUT2D eigenvalue weighted by Gasteiger charge is 1.95. The van der Waals surface area contributed by atoms with Gasteiger partial charge in [0.1, 0.15) is 0 Å². The Morgan fingerprint density at radius 2 is 0.455 bits per heavy atom. The van der Waals surface area contributed by atoms with Crippen LogP contribution in [-0.4, -0.2) is 26.2 Å². The van der Waals surface area contributed by atoms with Crippen LogP contribution in [0.4, 0.5) is 0 Å². The number of allylic oxidation sites excluding steroid dienone is 4. The zero-order valence-corrected chi connectivity index (χ0v) is 30.8. The lowest BCUT2D eigenvalue weighted by molar-refractivity contribution is 0.530. The normalized spacial score (nSPS) is 12.0. The number of nitrogens with one attached hydrogen (secondary N) is 2. The molecule has 0 heterocycles. The molecule has 0 atom stereocenters. The molecule has 0 saturated heterocycles. The topological polar surface area (TPSA) is 24.1 Å². The molecule has 0 aromatic carbocycles. The van der Waals surface area contributed by atoms with E-state index in [0.717, 1.165) is 0 Å². The minimum absolute atomic E-state index is 1.22. The van der Waals surface area contributed by atoms with Gasteiger partial charge in [0.15, 0.2) is 0 Å². The van der Waals surface area contributed by atoms with Gasteiger partial charge >= 0.3 is 0 Å². The molecule has 0 aliphatic carbocycles. The first-order chi connectivity index (χ1) is 21.9. The van der Waals surface area contributed by atoms with Gasteiger partial charge in [0.05, 0.1) is 0 Å². The molecule has 0 amide bonds. The van der Waals surface area contributed by atoms with Crippen LogP contribution in [0.25, 0.3) is 0 Å². The summed E-state index contributed by atoms with van der Waals surface area (Å²) in [6.45, 7) is 9.46. The van der Waals surface area contributed by atoms with E-state index in [1.807, 2.05) is 0 Å². The third-order valence-corrected chi connectivity index (χ3v) is 9.19. The second-order valence-electron chi connectivity index (χ2n) is 13.8. The van der Waals surface area contributed by atoms with Gasteiger partial charge in [0.2, 0.25) is 0 Å². The van der Waals surface area contributed by atoms with Crippen LogP contribution < -0.4 is 10.6 Å². The summed E-state index contributed by atoms with van der Waals surface area (Å²) in [5, 5.41) is 7.34. The Bertz CT molecular complexity index is 492. The first-order valence-electron chi connectivity index (χ1n) is 20.6. The summed E-state index contributed by atoms with van der Waals surface area (Å²) in [4.78, 5) is 0. The largest absolute Gasteiger partial charge is 0.317 e. The SMILES string of the molecule is CCCCCCCC/C=C\CCCCCCCCNCCCCCCNCCCCCCCC/C=C\CCCCCCCC. The molecular formula is C42H84N2. The number of rotatable bonds is 39. The lowest BCUT2D eigenvalue weighted by Gasteiger charge is -2.06. The fourth-order valence-electron chi connectivity index (χ4n) is 6.10. The van der Waals surface area contributed by atoms with Crippen molar-refractivity contribution >= 4 is 0 Å². The van der Waals surface area contributed by atoms with Crippen LogP contribution in [0.1, 0.15) is 219 Å². The highest BCUT2D eigenvalue weighted by atomic mass is 14.8. The summed E-state index contributed by atoms with van der Waals surface area (Å²) >= 11 is 0. The summed E-state index contributed by atoms with van der Waals surface area (Å²) in [6, 6.07) is 0. The Morgan fingerprint density at radius 3 is 0.705 bits per heavy atom. The van der Waals surface area contributed by atoms with Crippen molar-refractivity contribution in [3.8, 4) is 0 Å². The summed E-state index contributed by atoms with van der Waals surface area (Å²) < 4.78 is 0. The van der Waals surface area contributed by atoms with E-state index in [2.05, 4.69) is 48.8 Å². The van der Waals surface area contributed by atoms with E-state index in [1.54, 1.807) is 0 Å². The van der Waals surface area contributed by atoms with Crippen molar-refractivity contribution in [3.05, 3.63) is 24.3 Å². The lowest BCUT2D eigenvalue weighted by Crippen LogP contribution is -2.17. The van der Waals surface area contributed by atoms with Gasteiger partial charge in [-0.05, 0) is 103 Å². The summed E-state index contributed by atoms with van der Waals surface area (Å²) in [7, 11) is 0. The van der Waals surface area contributed by atoms with Gasteiger partial charge in [-0.2, -0.15) is 0 Å². The van der Waals surface area contributed by atoms with Crippen LogP contribution >= 0.6 is 0 Å². The minimum Gasteiger partial charge on any atom is -0.317 e. The quantitative estimate of drug-likeness (QED) is 0.0530. The van der Waals surface area contributed by atoms with Gasteiger partial charge < -0.3 is 10.6 Å². The van der Waals surface area contributed by atoms with Gasteiger partial charge in [-0.15, -0.1) is 0 Å². The van der Waals surface area contributed by atoms with Gasteiger partial charge in [0.25, 0.3) is 0 Å². The summed E-state index contributed by atoms with van der Waals surface area (Å²) in [5.41, 5.74) is 0. The number of unbranched alkanes of at least 4 members (excludes halogenated alkanes) is 27. The van der Waals surface area contributed by atoms with E-state index < -0.39 is 0 Å². The van der Waals surface area contributed by atoms with E-state index in [1.165, 1.54) is 232 Å². The average Bonchev–Trinajstić information content (AvgIpc) is 3.04. The molecule has 0 unspecified atom stereocenters. The molecule has 262 valence electrons. The Kier molecular flexibility index (Phi) is 41.8. The highest BCUT2D eigenvalue weighted by molar-refractivity contribution is 4.82. The second kappa shape index (κ2) is 42.4. The van der Waals surface area contributed by atoms with Crippen LogP contribution in [0.15, 0.2) is 24.3 Å². The smallest absolute Gasteiger partial charge is 0.00489 e. The molecule has 2 heteroatoms. The Balaban J connectivity index is 3.09. The van der Waals surface area contributed by atoms with Crippen molar-refractivity contribution in [3.63, 3.8) is 0 Å². The number of hydrogen-bond acceptors (Lipinski definition) is 2. The van der Waals surface area contributed by atoms with E-state index in [4.69, 9.17) is 0 Å². The summed E-state index contributed by atoms with van der Waals surface area (Å²) in [5.74, 6) is 0. The van der Waals surface area contributed by atoms with E-state index >= 15 is 0 Å². The van der Waals surface area contributed by atoms with E-state index in [0.29, 0.717) is 0 Å². The molecule has 0 rings (SSSR count). The van der Waals surface area contributed by atoms with Crippen molar-refractivity contribution < 1.29 is 0 Å². The molecule has 0 bridgehead atoms. The molecule has 2 nitrogen and oxygen atoms in total. The standard InChI is InChI=1S/C42H84N2/c1-3-5-7-9-11-13-15-17-19-21-23-25-27-29-31-35-39-43-41-37-33-34-38-42-44-40-36-32-30-28-26-24-22-20-18-16-14-12-10-8-6-4-2/h17-20,43-44H,3-16,21-42H2,1-2H3/b19-17-,20-18-. The van der Waals surface area contributed by atoms with E-state index in [-0.39, 0.29) is 0 Å². The van der Waals surface area contributed by atoms with Crippen LogP contribution in [0, 0.1) is 0 Å². The van der Waals surface area contributed by atoms with Crippen LogP contribution in [0.2, 0.25) is 0 Å². The molecule has 0 aromatic rings. The van der Waals surface area contributed by atoms with Gasteiger partial charge in [-0.3, -0.25) is 0 Å². The maximum atomic E-state index is 3.67. The molecule has 0 aliphatic rings. The molecule has 0 aliphatic heterocycles. The maximum absolute atomic E-state index is 3.67. The molecule has 0 radical (unpaired) electrons. The van der Waals surface area contributed by atoms with Crippen LogP contribution in [0.3, 0.4) is 0 Å². The fraction of sp³-hybridized carbons (Fsp3) is 0.905. The third-order valence-electron chi connectivity index (χ3n) is 9.19. The molecule has 0 fully saturated rings. The molecular weight excluding hydrogens is 532 g/mol. The Morgan fingerprint density at radius 1 is 0.250 bits per heavy atom. The second-order valence-corrected chi connectivity index (χ2v) is 13.8. The maximum Gasteiger partial charge on any atom is -0.00489 e. The Hall–Kier alpha value is -0.600. The van der Waals surface area contributed by atoms with Crippen molar-refractivity contribution in [1.82, 2.24) is 10.6 Å². The first kappa shape index (κ1) is 43.4. The summed E-state index contributed by atoms with van der Waals surface area (Å²) in [6.07, 6.45) is 54.2. The van der Waals surface area contributed by atoms with Crippen molar-refractivity contribution in [2.24, 2.45) is 0 Å². The molecule has 0 aromatic heterocycles. The molecule has 44 heavy (non-hydrogen) atoms. The fourth-order valence-corrected chi connectivity index (χ4v) is 6.10. The van der Waals surface area contributed by atoms with Crippen LogP contribution in [-0.2, 0) is 0 Å². The predicted molar refractivity (Wildman–Crippen MR) is 203 cm³/mol. The predicted octanol–water partition coefficient (Wildman–Crippen LogP) is 13.8. The van der Waals surface area contributed by atoms with Gasteiger partial charge in [-0.1, -0.05) is 167 Å². The first-order valence-corrected chi connectivity index (χ1v) is 20.6. The average molecular weight is 617 g/mol. The highest BCUT2D eigenvalue weighted by Crippen LogP contribution is 2.11. The zero-order chi connectivity index (χ0) is 31.7. The molecule has 2 N–H and O–H groups in total. The lowest BCUT2D eigenvalue weighted by atomic mass is 10.1. The van der Waals surface area contributed by atoms with E-state index in [9.17, 15) is 0 Å². The third kappa shape index (κ3) is 41.4. The number of hydrogen-bond donors (Lipinski definition) is 2. The van der Waals surface area contributed by atoms with Gasteiger partial charge in [0, 0.05) is 0 Å². The monoisotopic (exact) mass is 617 g/mol. The molecule has 0 spiro atoms. The zero-order valence-electron chi connectivity index (χ0n) is 30.8. The molecule has 0 saturated carbocycles. The van der Waals surface area contributed by atoms with Crippen molar-refractivity contribution in [2.45, 2.75) is 219 Å². The minimum atomic E-state index is 1.22. The van der Waals surface area contributed by atoms with Gasteiger partial charge in [-0.25, -0.2) is 0 Å². The van der Waals surface area contributed by atoms with Crippen LogP contribution in [0.5, 0.6) is 0 Å². The Labute approximate surface area is 279 Å². The van der Waals surface area contributed by atoms with Crippen molar-refractivity contribution in [2.75, 3.05) is 26.2 Å². The van der Waals surface area contributed by atoms with Crippen molar-refractivity contribution in [1.29, 1.82) is 0 Å².